The summed E-state index contributed by atoms with van der Waals surface area (Å²) in [4.78, 5) is 16.1. The van der Waals surface area contributed by atoms with Crippen LogP contribution in [0, 0.1) is 4.77 Å². The van der Waals surface area contributed by atoms with Crippen LogP contribution in [0.5, 0.6) is 0 Å². The molecular formula is C11H14N2O2S2. The van der Waals surface area contributed by atoms with Gasteiger partial charge < -0.3 is 9.72 Å². The summed E-state index contributed by atoms with van der Waals surface area (Å²) in [6, 6.07) is 1.83. The van der Waals surface area contributed by atoms with Gasteiger partial charge in [-0.15, -0.1) is 11.3 Å². The Balaban J connectivity index is 2.27. The van der Waals surface area contributed by atoms with Gasteiger partial charge in [-0.3, -0.25) is 9.36 Å². The van der Waals surface area contributed by atoms with Crippen molar-refractivity contribution in [3.63, 3.8) is 0 Å². The largest absolute Gasteiger partial charge is 0.385 e. The number of methoxy groups -OCH3 is 1. The normalized spacial score (nSPS) is 11.1. The lowest BCUT2D eigenvalue weighted by Gasteiger charge is -2.05. The highest BCUT2D eigenvalue weighted by molar-refractivity contribution is 7.71. The van der Waals surface area contributed by atoms with Crippen molar-refractivity contribution in [3.8, 4) is 0 Å². The maximum Gasteiger partial charge on any atom is 0.263 e. The van der Waals surface area contributed by atoms with Crippen LogP contribution in [0.25, 0.3) is 10.2 Å². The number of nitrogens with zero attached hydrogens (tertiary/aromatic N) is 1. The van der Waals surface area contributed by atoms with Crippen molar-refractivity contribution in [1.82, 2.24) is 9.55 Å². The number of nitrogens with one attached hydrogen (secondary N) is 1. The summed E-state index contributed by atoms with van der Waals surface area (Å²) in [7, 11) is 1.68. The van der Waals surface area contributed by atoms with E-state index in [0.29, 0.717) is 17.9 Å². The maximum absolute atomic E-state index is 12.1. The van der Waals surface area contributed by atoms with Crippen molar-refractivity contribution < 1.29 is 4.74 Å². The Labute approximate surface area is 108 Å². The van der Waals surface area contributed by atoms with Gasteiger partial charge in [0.15, 0.2) is 4.77 Å². The van der Waals surface area contributed by atoms with E-state index in [-0.39, 0.29) is 5.56 Å². The monoisotopic (exact) mass is 270 g/mol. The Kier molecular flexibility index (Phi) is 4.09. The minimum atomic E-state index is 0.00224. The summed E-state index contributed by atoms with van der Waals surface area (Å²) >= 11 is 6.69. The van der Waals surface area contributed by atoms with Crippen LogP contribution in [0.1, 0.15) is 12.8 Å². The fourth-order valence-corrected chi connectivity index (χ4v) is 2.82. The van der Waals surface area contributed by atoms with Gasteiger partial charge in [-0.05, 0) is 36.5 Å². The molecule has 0 aliphatic carbocycles. The molecule has 2 rings (SSSR count). The van der Waals surface area contributed by atoms with Gasteiger partial charge in [0.05, 0.1) is 5.39 Å². The molecule has 0 aliphatic rings. The molecule has 0 bridgehead atoms. The first-order valence-corrected chi connectivity index (χ1v) is 6.72. The molecule has 17 heavy (non-hydrogen) atoms. The third kappa shape index (κ3) is 2.65. The quantitative estimate of drug-likeness (QED) is 0.671. The van der Waals surface area contributed by atoms with Crippen LogP contribution < -0.4 is 5.56 Å². The van der Waals surface area contributed by atoms with E-state index in [4.69, 9.17) is 17.0 Å². The van der Waals surface area contributed by atoms with Gasteiger partial charge in [-0.1, -0.05) is 0 Å². The van der Waals surface area contributed by atoms with E-state index < -0.39 is 0 Å². The van der Waals surface area contributed by atoms with Crippen molar-refractivity contribution in [2.24, 2.45) is 0 Å². The van der Waals surface area contributed by atoms with E-state index >= 15 is 0 Å². The molecule has 0 saturated carbocycles. The van der Waals surface area contributed by atoms with Crippen LogP contribution in [0.4, 0.5) is 0 Å². The van der Waals surface area contributed by atoms with E-state index in [9.17, 15) is 4.79 Å². The molecule has 92 valence electrons. The smallest absolute Gasteiger partial charge is 0.263 e. The van der Waals surface area contributed by atoms with Gasteiger partial charge in [-0.25, -0.2) is 0 Å². The molecule has 0 aromatic carbocycles. The Bertz CT molecular complexity index is 612. The lowest BCUT2D eigenvalue weighted by Crippen LogP contribution is -2.21. The SMILES string of the molecule is COCCCCn1c(=S)[nH]c2sccc2c1=O. The lowest BCUT2D eigenvalue weighted by atomic mass is 10.3. The van der Waals surface area contributed by atoms with Crippen molar-refractivity contribution in [3.05, 3.63) is 26.6 Å². The third-order valence-electron chi connectivity index (χ3n) is 2.59. The minimum Gasteiger partial charge on any atom is -0.385 e. The number of thiophene rings is 1. The van der Waals surface area contributed by atoms with Gasteiger partial charge in [0.1, 0.15) is 4.83 Å². The van der Waals surface area contributed by atoms with Crippen molar-refractivity contribution in [2.45, 2.75) is 19.4 Å². The molecule has 0 spiro atoms. The number of rotatable bonds is 5. The second-order valence-electron chi connectivity index (χ2n) is 3.75. The fraction of sp³-hybridized carbons (Fsp3) is 0.455. The Morgan fingerprint density at radius 1 is 1.53 bits per heavy atom. The molecular weight excluding hydrogens is 256 g/mol. The Morgan fingerprint density at radius 2 is 2.35 bits per heavy atom. The molecule has 0 saturated heterocycles. The van der Waals surface area contributed by atoms with Gasteiger partial charge >= 0.3 is 0 Å². The molecule has 2 aromatic heterocycles. The Hall–Kier alpha value is -0.980. The first-order chi connectivity index (χ1) is 8.24. The highest BCUT2D eigenvalue weighted by atomic mass is 32.1. The summed E-state index contributed by atoms with van der Waals surface area (Å²) in [5.41, 5.74) is 0.00224. The van der Waals surface area contributed by atoms with E-state index in [2.05, 4.69) is 4.98 Å². The number of hydrogen-bond donors (Lipinski definition) is 1. The van der Waals surface area contributed by atoms with Crippen LogP contribution in [0.2, 0.25) is 0 Å². The average Bonchev–Trinajstić information content (AvgIpc) is 2.76. The van der Waals surface area contributed by atoms with Gasteiger partial charge in [0.25, 0.3) is 5.56 Å². The zero-order valence-electron chi connectivity index (χ0n) is 9.56. The molecule has 0 unspecified atom stereocenters. The summed E-state index contributed by atoms with van der Waals surface area (Å²) in [6.07, 6.45) is 1.82. The molecule has 0 atom stereocenters. The van der Waals surface area contributed by atoms with Crippen molar-refractivity contribution in [2.75, 3.05) is 13.7 Å². The standard InChI is InChI=1S/C11H14N2O2S2/c1-15-6-3-2-5-13-10(14)8-4-7-17-9(8)12-11(13)16/h4,7H,2-3,5-6H2,1H3,(H,12,16). The zero-order chi connectivity index (χ0) is 12.3. The topological polar surface area (TPSA) is 47.0 Å². The highest BCUT2D eigenvalue weighted by Gasteiger charge is 2.05. The van der Waals surface area contributed by atoms with E-state index in [0.717, 1.165) is 23.1 Å². The molecule has 1 N–H and O–H groups in total. The number of aromatic amines is 1. The minimum absolute atomic E-state index is 0.00224. The maximum atomic E-state index is 12.1. The second kappa shape index (κ2) is 5.57. The number of aromatic nitrogens is 2. The molecule has 4 nitrogen and oxygen atoms in total. The van der Waals surface area contributed by atoms with Crippen LogP contribution in [0.15, 0.2) is 16.2 Å². The highest BCUT2D eigenvalue weighted by Crippen LogP contribution is 2.14. The molecule has 2 aromatic rings. The van der Waals surface area contributed by atoms with Crippen LogP contribution >= 0.6 is 23.6 Å². The fourth-order valence-electron chi connectivity index (χ4n) is 1.70. The van der Waals surface area contributed by atoms with Crippen LogP contribution in [-0.4, -0.2) is 23.3 Å². The Morgan fingerprint density at radius 3 is 3.12 bits per heavy atom. The van der Waals surface area contributed by atoms with Crippen molar-refractivity contribution >= 4 is 33.8 Å². The first kappa shape index (κ1) is 12.5. The van der Waals surface area contributed by atoms with Gasteiger partial charge in [0, 0.05) is 20.3 Å². The molecule has 0 amide bonds. The average molecular weight is 270 g/mol. The first-order valence-electron chi connectivity index (χ1n) is 5.43. The molecule has 0 radical (unpaired) electrons. The molecule has 0 aliphatic heterocycles. The number of unbranched alkanes of at least 4 members (excludes halogenated alkanes) is 1. The second-order valence-corrected chi connectivity index (χ2v) is 5.05. The predicted molar refractivity (Wildman–Crippen MR) is 72.4 cm³/mol. The zero-order valence-corrected chi connectivity index (χ0v) is 11.2. The number of H-pyrrole nitrogens is 1. The van der Waals surface area contributed by atoms with E-state index in [1.165, 1.54) is 11.3 Å². The van der Waals surface area contributed by atoms with E-state index in [1.54, 1.807) is 11.7 Å². The molecule has 0 fully saturated rings. The number of ether oxygens (including phenoxy) is 1. The lowest BCUT2D eigenvalue weighted by molar-refractivity contribution is 0.191. The van der Waals surface area contributed by atoms with Crippen molar-refractivity contribution in [1.29, 1.82) is 0 Å². The third-order valence-corrected chi connectivity index (χ3v) is 3.74. The summed E-state index contributed by atoms with van der Waals surface area (Å²) in [5, 5.41) is 2.61. The van der Waals surface area contributed by atoms with Gasteiger partial charge in [-0.2, -0.15) is 0 Å². The van der Waals surface area contributed by atoms with Crippen LogP contribution in [-0.2, 0) is 11.3 Å². The molecule has 2 heterocycles. The van der Waals surface area contributed by atoms with E-state index in [1.807, 2.05) is 11.4 Å². The number of fused-ring (bicyclic) bond motifs is 1. The summed E-state index contributed by atoms with van der Waals surface area (Å²) < 4.78 is 7.11. The van der Waals surface area contributed by atoms with Crippen LogP contribution in [0.3, 0.4) is 0 Å². The molecule has 6 heteroatoms. The summed E-state index contributed by atoms with van der Waals surface area (Å²) in [5.74, 6) is 0. The predicted octanol–water partition coefficient (Wildman–Crippen LogP) is 2.55. The van der Waals surface area contributed by atoms with Gasteiger partial charge in [0.2, 0.25) is 0 Å². The summed E-state index contributed by atoms with van der Waals surface area (Å²) in [6.45, 7) is 1.36. The number of hydrogen-bond acceptors (Lipinski definition) is 4.